The maximum atomic E-state index is 14.2. The van der Waals surface area contributed by atoms with E-state index in [1.54, 1.807) is 0 Å². The van der Waals surface area contributed by atoms with Gasteiger partial charge in [-0.1, -0.05) is 87.6 Å². The van der Waals surface area contributed by atoms with E-state index >= 15 is 0 Å². The third kappa shape index (κ3) is 15.5. The number of unbranched alkanes of at least 4 members (excludes halogenated alkanes) is 5. The molecule has 0 fully saturated rings. The first kappa shape index (κ1) is 58.9. The number of benzene rings is 4. The van der Waals surface area contributed by atoms with E-state index < -0.39 is 195 Å². The highest BCUT2D eigenvalue weighted by molar-refractivity contribution is 7.90. The van der Waals surface area contributed by atoms with Crippen LogP contribution in [0.3, 0.4) is 0 Å². The van der Waals surface area contributed by atoms with Crippen molar-refractivity contribution in [1.82, 2.24) is 0 Å². The summed E-state index contributed by atoms with van der Waals surface area (Å²) in [7, 11) is 0. The van der Waals surface area contributed by atoms with Crippen LogP contribution >= 0.6 is 0 Å². The molecule has 0 radical (unpaired) electrons. The molecule has 0 saturated heterocycles. The van der Waals surface area contributed by atoms with Gasteiger partial charge in [0, 0.05) is 0 Å². The maximum Gasteiger partial charge on any atom is 0.416 e. The number of hydrogen-bond donors (Lipinski definition) is 0. The molecule has 0 spiro atoms. The molecule has 0 aliphatic rings. The molecule has 0 aliphatic heterocycles. The van der Waals surface area contributed by atoms with Gasteiger partial charge in [0.1, 0.15) is 36.4 Å². The molecule has 4 rings (SSSR count). The van der Waals surface area contributed by atoms with Crippen LogP contribution in [0.15, 0.2) is 72.8 Å². The average molecular weight is 1050 g/mol. The van der Waals surface area contributed by atoms with Crippen LogP contribution in [-0.2, 0) is 64.8 Å². The molecule has 0 saturated carbocycles. The number of alkyl halides is 24. The lowest BCUT2D eigenvalue weighted by Gasteiger charge is -2.46. The monoisotopic (exact) mass is 1050 g/mol. The fourth-order valence-corrected chi connectivity index (χ4v) is 7.63. The summed E-state index contributed by atoms with van der Waals surface area (Å²) in [5.74, 6) is 0. The van der Waals surface area contributed by atoms with Gasteiger partial charge in [0.05, 0.1) is 44.5 Å². The van der Waals surface area contributed by atoms with Crippen LogP contribution in [0.5, 0.6) is 0 Å². The van der Waals surface area contributed by atoms with Gasteiger partial charge in [-0.3, -0.25) is 0 Å². The van der Waals surface area contributed by atoms with Gasteiger partial charge in [-0.2, -0.15) is 131 Å². The van der Waals surface area contributed by atoms with Crippen molar-refractivity contribution in [2.24, 2.45) is 0 Å². The topological polar surface area (TPSA) is 9.23 Å². The summed E-state index contributed by atoms with van der Waals surface area (Å²) in [5.41, 5.74) is -30.2. The fraction of sp³-hybridized carbons (Fsp3) is 0.429. The quantitative estimate of drug-likeness (QED) is 0.0595. The Morgan fingerprint density at radius 2 is 0.507 bits per heavy atom. The zero-order chi connectivity index (χ0) is 53.1. The fourth-order valence-electron chi connectivity index (χ4n) is 7.18. The summed E-state index contributed by atoms with van der Waals surface area (Å²) in [5, 5.41) is 0. The highest BCUT2D eigenvalue weighted by Gasteiger charge is 2.47. The van der Waals surface area contributed by atoms with E-state index in [0.29, 0.717) is 0 Å². The summed E-state index contributed by atoms with van der Waals surface area (Å²) in [6.45, 7) is 3.21. The molecule has 27 heteroatoms. The standard InChI is InChI=1S/C32H12BF24.C10H23OS/c34-25(35,36)13-1-14(26(37,38)39)6-21(5-13)33(22-7-15(27(40,41)42)2-16(8-22)28(43,44)45,23-9-17(29(46,47)48)3-18(10-23)30(49,50)51)24-11-19(31(52,53)54)4-20(12-24)32(55,56)57;1-4-5-6-7-8-9-10-11-12(2)3/h1-12H;4-10H2,1-3H3/q-1;+1. The van der Waals surface area contributed by atoms with Crippen molar-refractivity contribution >= 4 is 39.2 Å². The number of rotatable bonds is 12. The van der Waals surface area contributed by atoms with Gasteiger partial charge in [-0.05, 0) is 30.7 Å². The molecule has 0 atom stereocenters. The third-order valence-corrected chi connectivity index (χ3v) is 10.9. The maximum absolute atomic E-state index is 14.2. The van der Waals surface area contributed by atoms with Crippen LogP contribution in [0.4, 0.5) is 105 Å². The molecule has 0 amide bonds. The summed E-state index contributed by atoms with van der Waals surface area (Å²) < 4.78 is 346. The molecule has 0 bridgehead atoms. The minimum absolute atomic E-state index is 0.176. The Morgan fingerprint density at radius 1 is 0.319 bits per heavy atom. The van der Waals surface area contributed by atoms with Crippen LogP contribution in [0.1, 0.15) is 90.0 Å². The average Bonchev–Trinajstić information content (AvgIpc) is 3.18. The molecule has 0 N–H and O–H groups in total. The minimum Gasteiger partial charge on any atom is -0.194 e. The molecule has 0 aliphatic carbocycles. The predicted molar refractivity (Wildman–Crippen MR) is 209 cm³/mol. The largest absolute Gasteiger partial charge is 0.416 e. The molecular weight excluding hydrogens is 1020 g/mol. The molecule has 386 valence electrons. The number of halogens is 24. The highest BCUT2D eigenvalue weighted by Crippen LogP contribution is 2.41. The first-order valence-corrected chi connectivity index (χ1v) is 21.6. The lowest BCUT2D eigenvalue weighted by molar-refractivity contribution is -0.144. The molecule has 69 heavy (non-hydrogen) atoms. The Labute approximate surface area is 379 Å². The van der Waals surface area contributed by atoms with Crippen LogP contribution in [0.25, 0.3) is 0 Å². The van der Waals surface area contributed by atoms with Gasteiger partial charge < -0.3 is 0 Å². The van der Waals surface area contributed by atoms with E-state index in [0.717, 1.165) is 6.61 Å². The lowest BCUT2D eigenvalue weighted by Crippen LogP contribution is -2.75. The first-order chi connectivity index (χ1) is 31.0. The van der Waals surface area contributed by atoms with E-state index in [2.05, 4.69) is 19.4 Å². The molecular formula is C42H35BF24OS. The van der Waals surface area contributed by atoms with Crippen molar-refractivity contribution in [1.29, 1.82) is 0 Å². The van der Waals surface area contributed by atoms with E-state index in [1.165, 1.54) is 38.5 Å². The van der Waals surface area contributed by atoms with Gasteiger partial charge in [-0.25, -0.2) is 0 Å². The Hall–Kier alpha value is -4.43. The zero-order valence-electron chi connectivity index (χ0n) is 35.3. The molecule has 0 heterocycles. The van der Waals surface area contributed by atoms with Crippen molar-refractivity contribution < 1.29 is 110 Å². The smallest absolute Gasteiger partial charge is 0.194 e. The molecule has 0 aromatic heterocycles. The Morgan fingerprint density at radius 3 is 0.681 bits per heavy atom. The van der Waals surface area contributed by atoms with Crippen LogP contribution < -0.4 is 21.9 Å². The highest BCUT2D eigenvalue weighted by atomic mass is 32.2. The molecule has 0 unspecified atom stereocenters. The van der Waals surface area contributed by atoms with Crippen molar-refractivity contribution in [3.63, 3.8) is 0 Å². The van der Waals surface area contributed by atoms with Gasteiger partial charge in [0.2, 0.25) is 0 Å². The lowest BCUT2D eigenvalue weighted by atomic mass is 9.12. The van der Waals surface area contributed by atoms with Crippen molar-refractivity contribution in [2.45, 2.75) is 94.9 Å². The summed E-state index contributed by atoms with van der Waals surface area (Å²) in [4.78, 5) is 0. The van der Waals surface area contributed by atoms with Gasteiger partial charge in [-0.15, -0.1) is 0 Å². The van der Waals surface area contributed by atoms with Crippen LogP contribution in [-0.4, -0.2) is 25.3 Å². The Bertz CT molecular complexity index is 1910. The van der Waals surface area contributed by atoms with Gasteiger partial charge >= 0.3 is 49.4 Å². The Balaban J connectivity index is 0.000000922. The minimum atomic E-state index is -6.13. The van der Waals surface area contributed by atoms with Gasteiger partial charge in [0.15, 0.2) is 0 Å². The first-order valence-electron chi connectivity index (χ1n) is 19.6. The zero-order valence-corrected chi connectivity index (χ0v) is 36.2. The molecule has 1 nitrogen and oxygen atoms in total. The number of hydrogen-bond acceptors (Lipinski definition) is 1. The van der Waals surface area contributed by atoms with E-state index in [4.69, 9.17) is 4.18 Å². The predicted octanol–water partition coefficient (Wildman–Crippen LogP) is 14.4. The van der Waals surface area contributed by atoms with Crippen LogP contribution in [0.2, 0.25) is 0 Å². The van der Waals surface area contributed by atoms with E-state index in [-0.39, 0.29) is 11.2 Å². The van der Waals surface area contributed by atoms with E-state index in [1.807, 2.05) is 0 Å². The molecule has 4 aromatic rings. The summed E-state index contributed by atoms with van der Waals surface area (Å²) >= 11 is 0.176. The van der Waals surface area contributed by atoms with Crippen molar-refractivity contribution in [3.05, 3.63) is 117 Å². The normalized spacial score (nSPS) is 13.7. The second-order valence-electron chi connectivity index (χ2n) is 15.6. The molecule has 4 aromatic carbocycles. The second kappa shape index (κ2) is 21.1. The summed E-state index contributed by atoms with van der Waals surface area (Å²) in [6, 6.07) is -8.81. The van der Waals surface area contributed by atoms with Crippen molar-refractivity contribution in [3.8, 4) is 0 Å². The third-order valence-electron chi connectivity index (χ3n) is 10.3. The van der Waals surface area contributed by atoms with E-state index in [9.17, 15) is 105 Å². The van der Waals surface area contributed by atoms with Gasteiger partial charge in [0.25, 0.3) is 0 Å². The van der Waals surface area contributed by atoms with Crippen molar-refractivity contribution in [2.75, 3.05) is 19.1 Å². The SMILES string of the molecule is CCCCCCCCO[S+](C)C.FC(F)(F)c1cc([B-](c2cc(C(F)(F)F)cc(C(F)(F)F)c2)(c2cc(C(F)(F)F)cc(C(F)(F)F)c2)c2cc(C(F)(F)F)cc(C(F)(F)F)c2)cc(C(F)(F)F)c1. The summed E-state index contributed by atoms with van der Waals surface area (Å²) in [6.07, 6.45) is -42.4. The second-order valence-corrected chi connectivity index (χ2v) is 17.3. The van der Waals surface area contributed by atoms with Crippen LogP contribution in [0, 0.1) is 0 Å². The Kier molecular flexibility index (Phi) is 18.0.